The van der Waals surface area contributed by atoms with Gasteiger partial charge in [-0.3, -0.25) is 9.59 Å². The Labute approximate surface area is 142 Å². The second kappa shape index (κ2) is 7.34. The Balaban J connectivity index is 1.90. The fourth-order valence-electron chi connectivity index (χ4n) is 3.80. The van der Waals surface area contributed by atoms with Crippen LogP contribution in [0.4, 0.5) is 0 Å². The summed E-state index contributed by atoms with van der Waals surface area (Å²) < 4.78 is 5.68. The van der Waals surface area contributed by atoms with Gasteiger partial charge in [-0.2, -0.15) is 0 Å². The molecule has 0 aromatic heterocycles. The van der Waals surface area contributed by atoms with Crippen molar-refractivity contribution in [2.45, 2.75) is 51.2 Å². The van der Waals surface area contributed by atoms with Crippen LogP contribution in [0.1, 0.15) is 49.8 Å². The van der Waals surface area contributed by atoms with E-state index in [-0.39, 0.29) is 12.0 Å². The fourth-order valence-corrected chi connectivity index (χ4v) is 3.80. The third-order valence-corrected chi connectivity index (χ3v) is 5.18. The number of ether oxygens (including phenoxy) is 1. The van der Waals surface area contributed by atoms with E-state index >= 15 is 0 Å². The highest BCUT2D eigenvalue weighted by Crippen LogP contribution is 2.37. The Morgan fingerprint density at radius 1 is 1.29 bits per heavy atom. The van der Waals surface area contributed by atoms with E-state index in [0.29, 0.717) is 19.4 Å². The number of carboxylic acid groups (broad SMARTS) is 1. The third-order valence-electron chi connectivity index (χ3n) is 5.18. The lowest BCUT2D eigenvalue weighted by molar-refractivity contribution is -0.153. The normalized spacial score (nSPS) is 27.5. The van der Waals surface area contributed by atoms with E-state index in [0.717, 1.165) is 31.4 Å². The van der Waals surface area contributed by atoms with E-state index in [4.69, 9.17) is 4.74 Å². The summed E-state index contributed by atoms with van der Waals surface area (Å²) in [5, 5.41) is 9.67. The molecule has 3 rings (SSSR count). The maximum atomic E-state index is 12.5. The van der Waals surface area contributed by atoms with Crippen LogP contribution in [0, 0.1) is 5.92 Å². The van der Waals surface area contributed by atoms with Crippen LogP contribution in [-0.4, -0.2) is 41.1 Å². The molecule has 2 fully saturated rings. The Kier molecular flexibility index (Phi) is 5.19. The number of amides is 1. The van der Waals surface area contributed by atoms with Crippen LogP contribution >= 0.6 is 0 Å². The van der Waals surface area contributed by atoms with Gasteiger partial charge in [0.05, 0.1) is 18.1 Å². The van der Waals surface area contributed by atoms with Gasteiger partial charge in [-0.1, -0.05) is 31.2 Å². The lowest BCUT2D eigenvalue weighted by atomic mass is 9.83. The molecule has 5 heteroatoms. The summed E-state index contributed by atoms with van der Waals surface area (Å²) in [6, 6.07) is 7.59. The Morgan fingerprint density at radius 3 is 2.62 bits per heavy atom. The van der Waals surface area contributed by atoms with E-state index < -0.39 is 17.9 Å². The monoisotopic (exact) mass is 331 g/mol. The number of benzene rings is 1. The highest BCUT2D eigenvalue weighted by molar-refractivity contribution is 5.81. The highest BCUT2D eigenvalue weighted by atomic mass is 16.5. The van der Waals surface area contributed by atoms with Crippen molar-refractivity contribution < 1.29 is 19.4 Å². The average Bonchev–Trinajstić information content (AvgIpc) is 3.09. The molecule has 0 radical (unpaired) electrons. The first-order valence-electron chi connectivity index (χ1n) is 8.83. The molecule has 3 atom stereocenters. The van der Waals surface area contributed by atoms with E-state index in [9.17, 15) is 14.7 Å². The number of rotatable bonds is 5. The van der Waals surface area contributed by atoms with Crippen LogP contribution in [-0.2, 0) is 20.7 Å². The van der Waals surface area contributed by atoms with Crippen LogP contribution in [0.15, 0.2) is 24.3 Å². The van der Waals surface area contributed by atoms with E-state index in [2.05, 4.69) is 6.92 Å². The highest BCUT2D eigenvalue weighted by Gasteiger charge is 2.41. The summed E-state index contributed by atoms with van der Waals surface area (Å²) in [6.45, 7) is 3.30. The quantitative estimate of drug-likeness (QED) is 0.901. The number of hydrogen-bond acceptors (Lipinski definition) is 3. The molecule has 2 aliphatic rings. The Morgan fingerprint density at radius 2 is 2.04 bits per heavy atom. The number of piperidine rings is 1. The molecular formula is C19H25NO4. The summed E-state index contributed by atoms with van der Waals surface area (Å²) in [5.41, 5.74) is 2.11. The van der Waals surface area contributed by atoms with Crippen LogP contribution in [0.3, 0.4) is 0 Å². The number of nitrogens with zero attached hydrogens (tertiary/aromatic N) is 1. The van der Waals surface area contributed by atoms with Gasteiger partial charge in [0.2, 0.25) is 5.91 Å². The lowest BCUT2D eigenvalue weighted by Gasteiger charge is -2.40. The molecule has 0 saturated carbocycles. The van der Waals surface area contributed by atoms with Gasteiger partial charge in [0.25, 0.3) is 0 Å². The molecule has 0 bridgehead atoms. The van der Waals surface area contributed by atoms with Gasteiger partial charge >= 0.3 is 5.97 Å². The second-order valence-electron chi connectivity index (χ2n) is 6.70. The van der Waals surface area contributed by atoms with E-state index in [1.165, 1.54) is 5.56 Å². The van der Waals surface area contributed by atoms with Crippen LogP contribution in [0.2, 0.25) is 0 Å². The van der Waals surface area contributed by atoms with Crippen molar-refractivity contribution in [1.29, 1.82) is 0 Å². The summed E-state index contributed by atoms with van der Waals surface area (Å²) in [6.07, 6.45) is 3.60. The zero-order valence-electron chi connectivity index (χ0n) is 14.1. The molecule has 0 spiro atoms. The Bertz CT molecular complexity index is 592. The van der Waals surface area contributed by atoms with Crippen molar-refractivity contribution in [3.63, 3.8) is 0 Å². The molecule has 24 heavy (non-hydrogen) atoms. The minimum absolute atomic E-state index is 0.0268. The predicted molar refractivity (Wildman–Crippen MR) is 89.6 cm³/mol. The molecule has 1 N–H and O–H groups in total. The lowest BCUT2D eigenvalue weighted by Crippen LogP contribution is -2.48. The maximum absolute atomic E-state index is 12.5. The minimum atomic E-state index is -0.829. The summed E-state index contributed by atoms with van der Waals surface area (Å²) in [4.78, 5) is 26.1. The first-order valence-corrected chi connectivity index (χ1v) is 8.83. The first-order chi connectivity index (χ1) is 11.6. The summed E-state index contributed by atoms with van der Waals surface area (Å²) in [5.74, 6) is -1.35. The average molecular weight is 331 g/mol. The van der Waals surface area contributed by atoms with Gasteiger partial charge in [0.15, 0.2) is 0 Å². The third kappa shape index (κ3) is 3.46. The molecular weight excluding hydrogens is 306 g/mol. The van der Waals surface area contributed by atoms with Gasteiger partial charge in [-0.05, 0) is 36.8 Å². The molecule has 1 amide bonds. The largest absolute Gasteiger partial charge is 0.481 e. The second-order valence-corrected chi connectivity index (χ2v) is 6.70. The minimum Gasteiger partial charge on any atom is -0.481 e. The smallest absolute Gasteiger partial charge is 0.308 e. The van der Waals surface area contributed by atoms with Gasteiger partial charge in [0, 0.05) is 19.6 Å². The zero-order valence-corrected chi connectivity index (χ0v) is 14.1. The van der Waals surface area contributed by atoms with Crippen LogP contribution < -0.4 is 0 Å². The number of carboxylic acids is 1. The van der Waals surface area contributed by atoms with Gasteiger partial charge in [-0.15, -0.1) is 0 Å². The van der Waals surface area contributed by atoms with E-state index in [1.54, 1.807) is 4.90 Å². The molecule has 2 saturated heterocycles. The zero-order chi connectivity index (χ0) is 17.1. The SMILES string of the molecule is CCc1ccc([C@@H]2[C@@H](C(=O)O)CCC(=O)N2C[C@H]2CCCO2)cc1. The molecule has 0 aliphatic carbocycles. The molecule has 0 unspecified atom stereocenters. The first kappa shape index (κ1) is 17.0. The van der Waals surface area contributed by atoms with Crippen molar-refractivity contribution >= 4 is 11.9 Å². The molecule has 1 aromatic carbocycles. The fraction of sp³-hybridized carbons (Fsp3) is 0.579. The number of hydrogen-bond donors (Lipinski definition) is 1. The number of carbonyl (C=O) groups is 2. The predicted octanol–water partition coefficient (Wildman–Crippen LogP) is 2.79. The van der Waals surface area contributed by atoms with Gasteiger partial charge < -0.3 is 14.7 Å². The standard InChI is InChI=1S/C19H25NO4/c1-2-13-5-7-14(8-6-13)18-16(19(22)23)9-10-17(21)20(18)12-15-4-3-11-24-15/h5-8,15-16,18H,2-4,9-12H2,1H3,(H,22,23)/t15-,16+,18-/m1/s1. The molecule has 1 aromatic rings. The summed E-state index contributed by atoms with van der Waals surface area (Å²) >= 11 is 0. The number of aliphatic carboxylic acids is 1. The number of likely N-dealkylation sites (tertiary alicyclic amines) is 1. The summed E-state index contributed by atoms with van der Waals surface area (Å²) in [7, 11) is 0. The molecule has 2 heterocycles. The molecule has 130 valence electrons. The van der Waals surface area contributed by atoms with Crippen molar-refractivity contribution in [3.05, 3.63) is 35.4 Å². The topological polar surface area (TPSA) is 66.8 Å². The van der Waals surface area contributed by atoms with Crippen molar-refractivity contribution in [2.75, 3.05) is 13.2 Å². The van der Waals surface area contributed by atoms with Crippen molar-refractivity contribution in [3.8, 4) is 0 Å². The van der Waals surface area contributed by atoms with Crippen LogP contribution in [0.25, 0.3) is 0 Å². The number of carbonyl (C=O) groups excluding carboxylic acids is 1. The van der Waals surface area contributed by atoms with Crippen molar-refractivity contribution in [2.24, 2.45) is 5.92 Å². The number of aryl methyl sites for hydroxylation is 1. The van der Waals surface area contributed by atoms with Crippen LogP contribution in [0.5, 0.6) is 0 Å². The van der Waals surface area contributed by atoms with E-state index in [1.807, 2.05) is 24.3 Å². The maximum Gasteiger partial charge on any atom is 0.308 e. The molecule has 5 nitrogen and oxygen atoms in total. The van der Waals surface area contributed by atoms with Gasteiger partial charge in [0.1, 0.15) is 0 Å². The molecule has 2 aliphatic heterocycles. The van der Waals surface area contributed by atoms with Gasteiger partial charge in [-0.25, -0.2) is 0 Å². The Hall–Kier alpha value is -1.88. The van der Waals surface area contributed by atoms with Crippen molar-refractivity contribution in [1.82, 2.24) is 4.90 Å².